The Morgan fingerprint density at radius 2 is 2.11 bits per heavy atom. The predicted octanol–water partition coefficient (Wildman–Crippen LogP) is 0.851. The highest BCUT2D eigenvalue weighted by atomic mass is 35.5. The van der Waals surface area contributed by atoms with Crippen LogP contribution in [0, 0.1) is 0 Å². The van der Waals surface area contributed by atoms with E-state index in [9.17, 15) is 8.42 Å². The van der Waals surface area contributed by atoms with Crippen molar-refractivity contribution < 1.29 is 8.42 Å². The Hall–Kier alpha value is -1.11. The van der Waals surface area contributed by atoms with Crippen LogP contribution in [0.2, 0.25) is 0 Å². The first-order valence-corrected chi connectivity index (χ1v) is 7.45. The molecule has 0 radical (unpaired) electrons. The first-order valence-electron chi connectivity index (χ1n) is 6.01. The highest BCUT2D eigenvalue weighted by Gasteiger charge is 2.33. The van der Waals surface area contributed by atoms with Crippen LogP contribution in [0.1, 0.15) is 12.5 Å². The number of nitrogens with one attached hydrogen (secondary N) is 1. The molecule has 3 rings (SSSR count). The van der Waals surface area contributed by atoms with Crippen molar-refractivity contribution in [3.05, 3.63) is 29.8 Å². The molecule has 7 heteroatoms. The molecule has 1 N–H and O–H groups in total. The van der Waals surface area contributed by atoms with Gasteiger partial charge < -0.3 is 10.2 Å². The van der Waals surface area contributed by atoms with E-state index in [0.29, 0.717) is 10.7 Å². The van der Waals surface area contributed by atoms with E-state index in [1.165, 1.54) is 0 Å². The molecule has 1 fully saturated rings. The SMILES string of the molecule is CC1CNCCN1C1=NS(=O)(=O)c2ccccc21.Cl. The highest BCUT2D eigenvalue weighted by molar-refractivity contribution is 7.90. The Morgan fingerprint density at radius 3 is 2.84 bits per heavy atom. The second-order valence-corrected chi connectivity index (χ2v) is 6.21. The molecule has 5 nitrogen and oxygen atoms in total. The number of halogens is 1. The van der Waals surface area contributed by atoms with E-state index in [1.807, 2.05) is 12.1 Å². The first kappa shape index (κ1) is 14.3. The minimum absolute atomic E-state index is 0. The van der Waals surface area contributed by atoms with Crippen LogP contribution in [0.25, 0.3) is 0 Å². The summed E-state index contributed by atoms with van der Waals surface area (Å²) in [5, 5.41) is 3.29. The number of sulfonamides is 1. The lowest BCUT2D eigenvalue weighted by Gasteiger charge is -2.35. The Balaban J connectivity index is 0.00000133. The molecule has 1 unspecified atom stereocenters. The van der Waals surface area contributed by atoms with Crippen molar-refractivity contribution in [1.82, 2.24) is 10.2 Å². The normalized spacial score (nSPS) is 24.4. The number of hydrogen-bond acceptors (Lipinski definition) is 4. The monoisotopic (exact) mass is 301 g/mol. The third-order valence-electron chi connectivity index (χ3n) is 3.39. The molecule has 104 valence electrons. The molecule has 2 aliphatic rings. The number of nitrogens with zero attached hydrogens (tertiary/aromatic N) is 2. The number of hydrogen-bond donors (Lipinski definition) is 1. The maximum atomic E-state index is 12.0. The van der Waals surface area contributed by atoms with Crippen LogP contribution in [0.15, 0.2) is 33.6 Å². The van der Waals surface area contributed by atoms with E-state index >= 15 is 0 Å². The van der Waals surface area contributed by atoms with Crippen LogP contribution >= 0.6 is 12.4 Å². The van der Waals surface area contributed by atoms with E-state index in [1.54, 1.807) is 12.1 Å². The van der Waals surface area contributed by atoms with E-state index in [-0.39, 0.29) is 18.4 Å². The quantitative estimate of drug-likeness (QED) is 0.772. The van der Waals surface area contributed by atoms with Crippen LogP contribution < -0.4 is 5.32 Å². The molecule has 2 aliphatic heterocycles. The maximum absolute atomic E-state index is 12.0. The van der Waals surface area contributed by atoms with Gasteiger partial charge in [-0.1, -0.05) is 12.1 Å². The third-order valence-corrected chi connectivity index (χ3v) is 4.71. The molecule has 0 aromatic heterocycles. The number of benzene rings is 1. The summed E-state index contributed by atoms with van der Waals surface area (Å²) in [6, 6.07) is 7.28. The van der Waals surface area contributed by atoms with Crippen molar-refractivity contribution in [2.75, 3.05) is 19.6 Å². The minimum atomic E-state index is -3.50. The fourth-order valence-electron chi connectivity index (χ4n) is 2.45. The van der Waals surface area contributed by atoms with Gasteiger partial charge in [-0.15, -0.1) is 16.8 Å². The minimum Gasteiger partial charge on any atom is -0.350 e. The summed E-state index contributed by atoms with van der Waals surface area (Å²) in [5.74, 6) is 0.597. The van der Waals surface area contributed by atoms with Crippen LogP contribution in [0.3, 0.4) is 0 Å². The summed E-state index contributed by atoms with van der Waals surface area (Å²) in [7, 11) is -3.50. The van der Waals surface area contributed by atoms with E-state index in [2.05, 4.69) is 21.5 Å². The molecule has 0 spiro atoms. The summed E-state index contributed by atoms with van der Waals surface area (Å²) in [6.07, 6.45) is 0. The zero-order valence-electron chi connectivity index (χ0n) is 10.5. The topological polar surface area (TPSA) is 61.8 Å². The Morgan fingerprint density at radius 1 is 1.37 bits per heavy atom. The van der Waals surface area contributed by atoms with Crippen LogP contribution in [0.5, 0.6) is 0 Å². The standard InChI is InChI=1S/C12H15N3O2S.ClH/c1-9-8-13-6-7-15(9)12-10-4-2-3-5-11(10)18(16,17)14-12;/h2-5,9,13H,6-8H2,1H3;1H. The number of rotatable bonds is 0. The van der Waals surface area contributed by atoms with Gasteiger partial charge in [0.25, 0.3) is 10.0 Å². The van der Waals surface area contributed by atoms with Gasteiger partial charge in [-0.25, -0.2) is 0 Å². The lowest BCUT2D eigenvalue weighted by atomic mass is 10.1. The molecule has 1 saturated heterocycles. The molecule has 1 aromatic carbocycles. The lowest BCUT2D eigenvalue weighted by molar-refractivity contribution is 0.275. The van der Waals surface area contributed by atoms with Crippen LogP contribution in [0.4, 0.5) is 0 Å². The lowest BCUT2D eigenvalue weighted by Crippen LogP contribution is -2.52. The Labute approximate surface area is 119 Å². The van der Waals surface area contributed by atoms with Gasteiger partial charge in [0.15, 0.2) is 5.84 Å². The second kappa shape index (κ2) is 5.11. The molecular formula is C12H16ClN3O2S. The van der Waals surface area contributed by atoms with Crippen molar-refractivity contribution in [2.45, 2.75) is 17.9 Å². The predicted molar refractivity (Wildman–Crippen MR) is 76.5 cm³/mol. The van der Waals surface area contributed by atoms with Gasteiger partial charge in [-0.3, -0.25) is 0 Å². The van der Waals surface area contributed by atoms with Gasteiger partial charge >= 0.3 is 0 Å². The number of piperazine rings is 1. The van der Waals surface area contributed by atoms with Crippen molar-refractivity contribution in [1.29, 1.82) is 0 Å². The summed E-state index contributed by atoms with van der Waals surface area (Å²) in [6.45, 7) is 4.55. The first-order chi connectivity index (χ1) is 8.59. The van der Waals surface area contributed by atoms with Gasteiger partial charge in [-0.2, -0.15) is 8.42 Å². The van der Waals surface area contributed by atoms with Crippen molar-refractivity contribution in [3.8, 4) is 0 Å². The van der Waals surface area contributed by atoms with E-state index in [4.69, 9.17) is 0 Å². The molecule has 0 aliphatic carbocycles. The summed E-state index contributed by atoms with van der Waals surface area (Å²) >= 11 is 0. The average Bonchev–Trinajstić information content (AvgIpc) is 2.63. The fourth-order valence-corrected chi connectivity index (χ4v) is 3.67. The maximum Gasteiger partial charge on any atom is 0.285 e. The fraction of sp³-hybridized carbons (Fsp3) is 0.417. The van der Waals surface area contributed by atoms with Gasteiger partial charge in [-0.05, 0) is 19.1 Å². The molecule has 2 heterocycles. The summed E-state index contributed by atoms with van der Waals surface area (Å²) in [4.78, 5) is 2.39. The van der Waals surface area contributed by atoms with Gasteiger partial charge in [0.2, 0.25) is 0 Å². The average molecular weight is 302 g/mol. The molecule has 0 bridgehead atoms. The molecule has 0 amide bonds. The van der Waals surface area contributed by atoms with Gasteiger partial charge in [0.1, 0.15) is 4.90 Å². The van der Waals surface area contributed by atoms with E-state index < -0.39 is 10.0 Å². The van der Waals surface area contributed by atoms with Crippen LogP contribution in [-0.4, -0.2) is 44.8 Å². The molecule has 0 saturated carbocycles. The summed E-state index contributed by atoms with van der Waals surface area (Å²) in [5.41, 5.74) is 0.728. The Kier molecular flexibility index (Phi) is 3.85. The highest BCUT2D eigenvalue weighted by Crippen LogP contribution is 2.28. The molecule has 1 atom stereocenters. The van der Waals surface area contributed by atoms with Crippen molar-refractivity contribution >= 4 is 28.3 Å². The zero-order chi connectivity index (χ0) is 12.8. The van der Waals surface area contributed by atoms with Crippen molar-refractivity contribution in [2.24, 2.45) is 4.40 Å². The molecule has 19 heavy (non-hydrogen) atoms. The molecular weight excluding hydrogens is 286 g/mol. The Bertz CT molecular complexity index is 615. The van der Waals surface area contributed by atoms with E-state index in [0.717, 1.165) is 25.2 Å². The molecule has 1 aromatic rings. The summed E-state index contributed by atoms with van der Waals surface area (Å²) < 4.78 is 27.9. The smallest absolute Gasteiger partial charge is 0.285 e. The zero-order valence-corrected chi connectivity index (χ0v) is 12.2. The number of fused-ring (bicyclic) bond motifs is 1. The van der Waals surface area contributed by atoms with Crippen molar-refractivity contribution in [3.63, 3.8) is 0 Å². The van der Waals surface area contributed by atoms with Crippen LogP contribution in [-0.2, 0) is 10.0 Å². The second-order valence-electron chi connectivity index (χ2n) is 4.63. The third kappa shape index (κ3) is 2.35. The number of amidine groups is 1. The largest absolute Gasteiger partial charge is 0.350 e. The van der Waals surface area contributed by atoms with Gasteiger partial charge in [0.05, 0.1) is 0 Å². The van der Waals surface area contributed by atoms with Gasteiger partial charge in [0, 0.05) is 31.2 Å².